The van der Waals surface area contributed by atoms with Gasteiger partial charge in [0.25, 0.3) is 0 Å². The zero-order valence-corrected chi connectivity index (χ0v) is 31.7. The second kappa shape index (κ2) is 15.0. The molecule has 0 radical (unpaired) electrons. The lowest BCUT2D eigenvalue weighted by Crippen LogP contribution is -2.69. The van der Waals surface area contributed by atoms with Crippen molar-refractivity contribution in [3.63, 3.8) is 0 Å². The first-order valence-electron chi connectivity index (χ1n) is 21.8. The van der Waals surface area contributed by atoms with Gasteiger partial charge in [0.2, 0.25) is 0 Å². The summed E-state index contributed by atoms with van der Waals surface area (Å²) in [7, 11) is 0. The van der Waals surface area contributed by atoms with Crippen LogP contribution in [0.25, 0.3) is 0 Å². The Morgan fingerprint density at radius 1 is 0.261 bits per heavy atom. The maximum atomic E-state index is 3.44. The fourth-order valence-corrected chi connectivity index (χ4v) is 13.8. The van der Waals surface area contributed by atoms with Crippen LogP contribution in [-0.4, -0.2) is 46.1 Å². The van der Waals surface area contributed by atoms with Crippen molar-refractivity contribution in [2.24, 2.45) is 59.2 Å². The topological polar surface area (TPSA) is 6.48 Å². The summed E-state index contributed by atoms with van der Waals surface area (Å²) in [5.41, 5.74) is 0. The average Bonchev–Trinajstić information content (AvgIpc) is 3.05. The van der Waals surface area contributed by atoms with Crippen LogP contribution in [0.15, 0.2) is 0 Å². The molecule has 0 aromatic carbocycles. The largest absolute Gasteiger partial charge is 0.294 e. The van der Waals surface area contributed by atoms with E-state index >= 15 is 0 Å². The quantitative estimate of drug-likeness (QED) is 0.287. The predicted octanol–water partition coefficient (Wildman–Crippen LogP) is 11.8. The molecule has 7 aliphatic carbocycles. The fraction of sp³-hybridized carbons (Fsp3) is 1.00. The zero-order valence-electron chi connectivity index (χ0n) is 31.7. The zero-order chi connectivity index (χ0) is 31.9. The number of rotatable bonds is 6. The third-order valence-corrected chi connectivity index (χ3v) is 16.5. The second-order valence-corrected chi connectivity index (χ2v) is 20.0. The van der Waals surface area contributed by atoms with Crippen LogP contribution in [0.4, 0.5) is 0 Å². The lowest BCUT2D eigenvalue weighted by atomic mass is 9.51. The van der Waals surface area contributed by atoms with Crippen LogP contribution >= 0.6 is 0 Å². The van der Waals surface area contributed by atoms with Gasteiger partial charge < -0.3 is 0 Å². The van der Waals surface area contributed by atoms with Crippen molar-refractivity contribution in [2.75, 3.05) is 0 Å². The summed E-state index contributed by atoms with van der Waals surface area (Å²) in [6.45, 7) is 15.5. The van der Waals surface area contributed by atoms with E-state index in [1.54, 1.807) is 25.7 Å². The van der Waals surface area contributed by atoms with Gasteiger partial charge >= 0.3 is 0 Å². The summed E-state index contributed by atoms with van der Waals surface area (Å²) in [5.74, 6) is 9.50. The summed E-state index contributed by atoms with van der Waals surface area (Å²) in [6, 6.07) is 5.29. The van der Waals surface area contributed by atoms with Gasteiger partial charge in [-0.3, -0.25) is 9.80 Å². The maximum absolute atomic E-state index is 3.44. The Hall–Kier alpha value is -0.0800. The van der Waals surface area contributed by atoms with Gasteiger partial charge in [0.05, 0.1) is 0 Å². The van der Waals surface area contributed by atoms with Gasteiger partial charge in [-0.05, 0) is 188 Å². The normalized spacial score (nSPS) is 50.6. The standard InChI is InChI=1S/C44H78N2/c1-29-7-17-35(18-8-29)45(36-19-9-30(2)10-20-36)43-39-25-15-33(5)27-41(39)44(42-28-34(6)16-26-40(42)43)46(37-21-11-31(3)12-22-37)38-23-13-32(4)14-24-38/h29-44H,7-28H2,1-6H3. The van der Waals surface area contributed by atoms with Crippen LogP contribution in [0.2, 0.25) is 0 Å². The summed E-state index contributed by atoms with van der Waals surface area (Å²) in [6.07, 6.45) is 33.1. The van der Waals surface area contributed by atoms with E-state index in [4.69, 9.17) is 0 Å². The molecule has 6 unspecified atom stereocenters. The van der Waals surface area contributed by atoms with E-state index in [0.29, 0.717) is 0 Å². The molecule has 6 atom stereocenters. The highest BCUT2D eigenvalue weighted by atomic mass is 15.3. The molecule has 0 aromatic heterocycles. The Bertz CT molecular complexity index is 858. The van der Waals surface area contributed by atoms with Gasteiger partial charge in [0.1, 0.15) is 0 Å². The highest BCUT2D eigenvalue weighted by molar-refractivity contribution is 5.11. The highest BCUT2D eigenvalue weighted by Crippen LogP contribution is 2.58. The third-order valence-electron chi connectivity index (χ3n) is 16.5. The van der Waals surface area contributed by atoms with Crippen molar-refractivity contribution >= 4 is 0 Å². The van der Waals surface area contributed by atoms with Gasteiger partial charge in [-0.25, -0.2) is 0 Å². The lowest BCUT2D eigenvalue weighted by molar-refractivity contribution is -0.157. The summed E-state index contributed by atoms with van der Waals surface area (Å²) < 4.78 is 0. The average molecular weight is 635 g/mol. The molecule has 0 spiro atoms. The first-order valence-corrected chi connectivity index (χ1v) is 21.8. The van der Waals surface area contributed by atoms with Crippen molar-refractivity contribution in [2.45, 2.75) is 219 Å². The van der Waals surface area contributed by atoms with Crippen molar-refractivity contribution in [3.05, 3.63) is 0 Å². The van der Waals surface area contributed by atoms with Gasteiger partial charge in [-0.15, -0.1) is 0 Å². The first kappa shape index (κ1) is 34.4. The fourth-order valence-electron chi connectivity index (χ4n) is 13.8. The molecule has 0 amide bonds. The molecule has 7 saturated carbocycles. The van der Waals surface area contributed by atoms with Gasteiger partial charge in [-0.2, -0.15) is 0 Å². The Morgan fingerprint density at radius 2 is 0.500 bits per heavy atom. The van der Waals surface area contributed by atoms with Crippen LogP contribution < -0.4 is 0 Å². The number of hydrogen-bond donors (Lipinski definition) is 0. The van der Waals surface area contributed by atoms with Gasteiger partial charge in [0.15, 0.2) is 0 Å². The van der Waals surface area contributed by atoms with Crippen molar-refractivity contribution in [1.82, 2.24) is 9.80 Å². The van der Waals surface area contributed by atoms with E-state index in [0.717, 1.165) is 95.4 Å². The number of nitrogens with zero attached hydrogens (tertiary/aromatic N) is 2. The Balaban J connectivity index is 1.28. The first-order chi connectivity index (χ1) is 22.3. The molecule has 0 aromatic rings. The monoisotopic (exact) mass is 635 g/mol. The number of fused-ring (bicyclic) bond motifs is 2. The molecule has 0 heterocycles. The van der Waals surface area contributed by atoms with E-state index in [1.807, 2.05) is 0 Å². The SMILES string of the molecule is CC1CCC(N(C2CCC(C)CC2)C2C3CCC(C)CC3C(N(C3CCC(C)CC3)C3CCC(C)CC3)C3CC(C)CCC32)CC1. The minimum absolute atomic E-state index is 0.877. The second-order valence-electron chi connectivity index (χ2n) is 20.0. The summed E-state index contributed by atoms with van der Waals surface area (Å²) in [4.78, 5) is 6.87. The van der Waals surface area contributed by atoms with Crippen LogP contribution in [0.5, 0.6) is 0 Å². The molecule has 46 heavy (non-hydrogen) atoms. The van der Waals surface area contributed by atoms with Crippen molar-refractivity contribution in [1.29, 1.82) is 0 Å². The van der Waals surface area contributed by atoms with E-state index in [-0.39, 0.29) is 0 Å². The molecule has 7 aliphatic rings. The van der Waals surface area contributed by atoms with E-state index in [2.05, 4.69) is 51.3 Å². The third kappa shape index (κ3) is 7.21. The molecule has 2 heteroatoms. The van der Waals surface area contributed by atoms with Crippen LogP contribution in [0.3, 0.4) is 0 Å². The van der Waals surface area contributed by atoms with Crippen LogP contribution in [-0.2, 0) is 0 Å². The number of hydrogen-bond acceptors (Lipinski definition) is 2. The Kier molecular flexibility index (Phi) is 11.2. The molecule has 2 nitrogen and oxygen atoms in total. The van der Waals surface area contributed by atoms with E-state index in [1.165, 1.54) is 116 Å². The maximum Gasteiger partial charge on any atom is 0.0164 e. The van der Waals surface area contributed by atoms with E-state index in [9.17, 15) is 0 Å². The minimum Gasteiger partial charge on any atom is -0.294 e. The molecule has 0 aliphatic heterocycles. The Labute approximate surface area is 287 Å². The van der Waals surface area contributed by atoms with Gasteiger partial charge in [0, 0.05) is 36.3 Å². The van der Waals surface area contributed by atoms with Crippen LogP contribution in [0, 0.1) is 59.2 Å². The Morgan fingerprint density at radius 3 is 0.783 bits per heavy atom. The minimum atomic E-state index is 0.877. The molecule has 0 saturated heterocycles. The molecule has 264 valence electrons. The molecular weight excluding hydrogens is 556 g/mol. The summed E-state index contributed by atoms with van der Waals surface area (Å²) >= 11 is 0. The highest BCUT2D eigenvalue weighted by Gasteiger charge is 2.58. The molecule has 0 bridgehead atoms. The lowest BCUT2D eigenvalue weighted by Gasteiger charge is -2.65. The molecular formula is C44H78N2. The smallest absolute Gasteiger partial charge is 0.0164 e. The van der Waals surface area contributed by atoms with Crippen LogP contribution in [0.1, 0.15) is 183 Å². The predicted molar refractivity (Wildman–Crippen MR) is 197 cm³/mol. The molecule has 0 N–H and O–H groups in total. The summed E-state index contributed by atoms with van der Waals surface area (Å²) in [5, 5.41) is 0. The van der Waals surface area contributed by atoms with Gasteiger partial charge in [-0.1, -0.05) is 54.4 Å². The molecule has 7 fully saturated rings. The van der Waals surface area contributed by atoms with E-state index < -0.39 is 0 Å². The molecule has 7 rings (SSSR count). The van der Waals surface area contributed by atoms with Crippen molar-refractivity contribution in [3.8, 4) is 0 Å². The van der Waals surface area contributed by atoms with Crippen molar-refractivity contribution < 1.29 is 0 Å².